The molecule has 0 heterocycles. The predicted molar refractivity (Wildman–Crippen MR) is 88.0 cm³/mol. The van der Waals surface area contributed by atoms with Crippen LogP contribution in [0.5, 0.6) is 5.75 Å². The maximum absolute atomic E-state index is 5.86. The van der Waals surface area contributed by atoms with Gasteiger partial charge in [0, 0.05) is 6.04 Å². The standard InChI is InChI=1S/C18H30N2O/c1-3-6-14-9-11-15(12-10-14)18(20-19)16-7-5-8-17(13-16)21-4-2/h5,7-8,13-15,18,20H,3-4,6,9-12,19H2,1-2H3. The summed E-state index contributed by atoms with van der Waals surface area (Å²) < 4.78 is 5.61. The van der Waals surface area contributed by atoms with Gasteiger partial charge in [0.15, 0.2) is 0 Å². The number of benzene rings is 1. The van der Waals surface area contributed by atoms with Gasteiger partial charge in [0.2, 0.25) is 0 Å². The second-order valence-electron chi connectivity index (χ2n) is 6.22. The molecule has 1 fully saturated rings. The van der Waals surface area contributed by atoms with Crippen LogP contribution in [-0.4, -0.2) is 6.61 Å². The van der Waals surface area contributed by atoms with Crippen LogP contribution in [0.3, 0.4) is 0 Å². The number of nitrogens with one attached hydrogen (secondary N) is 1. The maximum Gasteiger partial charge on any atom is 0.119 e. The Morgan fingerprint density at radius 2 is 2.00 bits per heavy atom. The molecule has 3 nitrogen and oxygen atoms in total. The van der Waals surface area contributed by atoms with Crippen LogP contribution in [0.1, 0.15) is 64.0 Å². The van der Waals surface area contributed by atoms with Gasteiger partial charge in [0.25, 0.3) is 0 Å². The molecule has 2 rings (SSSR count). The summed E-state index contributed by atoms with van der Waals surface area (Å²) in [5.74, 6) is 8.37. The molecule has 0 spiro atoms. The molecule has 1 aliphatic rings. The van der Waals surface area contributed by atoms with Gasteiger partial charge in [0.1, 0.15) is 5.75 Å². The molecular weight excluding hydrogens is 260 g/mol. The summed E-state index contributed by atoms with van der Waals surface area (Å²) in [5.41, 5.74) is 4.30. The first-order valence-electron chi connectivity index (χ1n) is 8.47. The van der Waals surface area contributed by atoms with Crippen molar-refractivity contribution < 1.29 is 4.74 Å². The minimum atomic E-state index is 0.244. The fourth-order valence-electron chi connectivity index (χ4n) is 3.69. The molecular formula is C18H30N2O. The molecule has 0 aromatic heterocycles. The van der Waals surface area contributed by atoms with Crippen molar-refractivity contribution >= 4 is 0 Å². The third-order valence-electron chi connectivity index (χ3n) is 4.77. The average molecular weight is 290 g/mol. The Bertz CT molecular complexity index is 413. The predicted octanol–water partition coefficient (Wildman–Crippen LogP) is 4.20. The second-order valence-corrected chi connectivity index (χ2v) is 6.22. The van der Waals surface area contributed by atoms with E-state index >= 15 is 0 Å². The summed E-state index contributed by atoms with van der Waals surface area (Å²) in [6.45, 7) is 5.00. The zero-order valence-corrected chi connectivity index (χ0v) is 13.5. The minimum Gasteiger partial charge on any atom is -0.494 e. The van der Waals surface area contributed by atoms with E-state index in [1.807, 2.05) is 13.0 Å². The Kier molecular flexibility index (Phi) is 6.52. The number of hydrazine groups is 1. The van der Waals surface area contributed by atoms with Crippen LogP contribution in [0.4, 0.5) is 0 Å². The van der Waals surface area contributed by atoms with Gasteiger partial charge in [-0.2, -0.15) is 0 Å². The first-order valence-corrected chi connectivity index (χ1v) is 8.47. The van der Waals surface area contributed by atoms with Crippen LogP contribution < -0.4 is 16.0 Å². The summed E-state index contributed by atoms with van der Waals surface area (Å²) in [4.78, 5) is 0. The molecule has 1 unspecified atom stereocenters. The lowest BCUT2D eigenvalue weighted by molar-refractivity contribution is 0.215. The van der Waals surface area contributed by atoms with Crippen molar-refractivity contribution in [3.8, 4) is 5.75 Å². The van der Waals surface area contributed by atoms with Gasteiger partial charge in [-0.05, 0) is 49.3 Å². The third-order valence-corrected chi connectivity index (χ3v) is 4.77. The van der Waals surface area contributed by atoms with Gasteiger partial charge < -0.3 is 4.74 Å². The van der Waals surface area contributed by atoms with Gasteiger partial charge in [-0.3, -0.25) is 11.3 Å². The molecule has 1 aromatic rings. The number of ether oxygens (including phenoxy) is 1. The zero-order chi connectivity index (χ0) is 15.1. The Morgan fingerprint density at radius 3 is 2.62 bits per heavy atom. The van der Waals surface area contributed by atoms with Crippen LogP contribution in [0, 0.1) is 11.8 Å². The second kappa shape index (κ2) is 8.40. The molecule has 1 saturated carbocycles. The number of nitrogens with two attached hydrogens (primary N) is 1. The molecule has 0 bridgehead atoms. The number of hydrogen-bond donors (Lipinski definition) is 2. The van der Waals surface area contributed by atoms with E-state index < -0.39 is 0 Å². The van der Waals surface area contributed by atoms with Gasteiger partial charge >= 0.3 is 0 Å². The van der Waals surface area contributed by atoms with E-state index in [-0.39, 0.29) is 6.04 Å². The van der Waals surface area contributed by atoms with Gasteiger partial charge in [0.05, 0.1) is 6.61 Å². The van der Waals surface area contributed by atoms with Gasteiger partial charge in [-0.15, -0.1) is 0 Å². The average Bonchev–Trinajstić information content (AvgIpc) is 2.51. The Hall–Kier alpha value is -1.06. The Morgan fingerprint density at radius 1 is 1.24 bits per heavy atom. The van der Waals surface area contributed by atoms with E-state index in [0.717, 1.165) is 11.7 Å². The van der Waals surface area contributed by atoms with Crippen molar-refractivity contribution in [3.63, 3.8) is 0 Å². The fourth-order valence-corrected chi connectivity index (χ4v) is 3.69. The summed E-state index contributed by atoms with van der Waals surface area (Å²) in [7, 11) is 0. The monoisotopic (exact) mass is 290 g/mol. The van der Waals surface area contributed by atoms with E-state index in [4.69, 9.17) is 10.6 Å². The van der Waals surface area contributed by atoms with Crippen LogP contribution >= 0.6 is 0 Å². The van der Waals surface area contributed by atoms with E-state index in [1.54, 1.807) is 0 Å². The van der Waals surface area contributed by atoms with Crippen LogP contribution in [0.15, 0.2) is 24.3 Å². The largest absolute Gasteiger partial charge is 0.494 e. The third kappa shape index (κ3) is 4.45. The highest BCUT2D eigenvalue weighted by molar-refractivity contribution is 5.31. The summed E-state index contributed by atoms with van der Waals surface area (Å²) in [6.07, 6.45) is 7.94. The minimum absolute atomic E-state index is 0.244. The van der Waals surface area contributed by atoms with Crippen molar-refractivity contribution in [3.05, 3.63) is 29.8 Å². The molecule has 118 valence electrons. The molecule has 1 aromatic carbocycles. The molecule has 0 amide bonds. The highest BCUT2D eigenvalue weighted by Gasteiger charge is 2.27. The van der Waals surface area contributed by atoms with Gasteiger partial charge in [-0.1, -0.05) is 44.7 Å². The Labute approximate surface area is 129 Å². The normalized spacial score (nSPS) is 23.8. The van der Waals surface area contributed by atoms with Crippen molar-refractivity contribution in [1.29, 1.82) is 0 Å². The number of rotatable bonds is 7. The zero-order valence-electron chi connectivity index (χ0n) is 13.5. The van der Waals surface area contributed by atoms with Crippen molar-refractivity contribution in [1.82, 2.24) is 5.43 Å². The molecule has 21 heavy (non-hydrogen) atoms. The molecule has 0 radical (unpaired) electrons. The first kappa shape index (κ1) is 16.3. The topological polar surface area (TPSA) is 47.3 Å². The first-order chi connectivity index (χ1) is 10.3. The highest BCUT2D eigenvalue weighted by atomic mass is 16.5. The molecule has 0 saturated heterocycles. The maximum atomic E-state index is 5.86. The van der Waals surface area contributed by atoms with Crippen molar-refractivity contribution in [2.75, 3.05) is 6.61 Å². The van der Waals surface area contributed by atoms with E-state index in [2.05, 4.69) is 30.5 Å². The number of hydrogen-bond acceptors (Lipinski definition) is 3. The van der Waals surface area contributed by atoms with Crippen LogP contribution in [0.2, 0.25) is 0 Å². The molecule has 3 heteroatoms. The summed E-state index contributed by atoms with van der Waals surface area (Å²) in [6, 6.07) is 8.61. The smallest absolute Gasteiger partial charge is 0.119 e. The summed E-state index contributed by atoms with van der Waals surface area (Å²) >= 11 is 0. The Balaban J connectivity index is 2.01. The highest BCUT2D eigenvalue weighted by Crippen LogP contribution is 2.38. The quantitative estimate of drug-likeness (QED) is 0.584. The van der Waals surface area contributed by atoms with Gasteiger partial charge in [-0.25, -0.2) is 0 Å². The lowest BCUT2D eigenvalue weighted by atomic mass is 9.75. The van der Waals surface area contributed by atoms with Crippen molar-refractivity contribution in [2.45, 2.75) is 58.4 Å². The van der Waals surface area contributed by atoms with Crippen LogP contribution in [-0.2, 0) is 0 Å². The SMILES string of the molecule is CCCC1CCC(C(NN)c2cccc(OCC)c2)CC1. The fraction of sp³-hybridized carbons (Fsp3) is 0.667. The lowest BCUT2D eigenvalue weighted by Gasteiger charge is -2.34. The molecule has 1 atom stereocenters. The molecule has 0 aliphatic heterocycles. The molecule has 1 aliphatic carbocycles. The van der Waals surface area contributed by atoms with E-state index in [1.165, 1.54) is 44.1 Å². The lowest BCUT2D eigenvalue weighted by Crippen LogP contribution is -2.35. The van der Waals surface area contributed by atoms with Crippen LogP contribution in [0.25, 0.3) is 0 Å². The molecule has 3 N–H and O–H groups in total. The summed E-state index contributed by atoms with van der Waals surface area (Å²) in [5, 5.41) is 0. The van der Waals surface area contributed by atoms with E-state index in [9.17, 15) is 0 Å². The van der Waals surface area contributed by atoms with E-state index in [0.29, 0.717) is 12.5 Å². The van der Waals surface area contributed by atoms with Crippen molar-refractivity contribution in [2.24, 2.45) is 17.7 Å².